The molecular formula is C25H27F6N5O3. The fraction of sp³-hybridized carbons (Fsp3) is 0.400. The van der Waals surface area contributed by atoms with Gasteiger partial charge >= 0.3 is 18.4 Å². The normalized spacial score (nSPS) is 11.8. The van der Waals surface area contributed by atoms with Crippen molar-refractivity contribution in [3.05, 3.63) is 36.4 Å². The molecule has 212 valence electrons. The number of nitrogens with zero attached hydrogens (tertiary/aromatic N) is 2. The van der Waals surface area contributed by atoms with E-state index in [2.05, 4.69) is 25.9 Å². The molecule has 0 aliphatic carbocycles. The number of benzene rings is 1. The highest BCUT2D eigenvalue weighted by Gasteiger charge is 2.26. The van der Waals surface area contributed by atoms with Crippen LogP contribution >= 0.6 is 0 Å². The van der Waals surface area contributed by atoms with Gasteiger partial charge in [-0.25, -0.2) is 14.8 Å². The fourth-order valence-corrected chi connectivity index (χ4v) is 3.58. The van der Waals surface area contributed by atoms with Gasteiger partial charge in [-0.05, 0) is 48.7 Å². The number of pyridine rings is 2. The number of ether oxygens (including phenoxy) is 2. The highest BCUT2D eigenvalue weighted by atomic mass is 19.4. The van der Waals surface area contributed by atoms with Gasteiger partial charge in [-0.1, -0.05) is 0 Å². The van der Waals surface area contributed by atoms with Gasteiger partial charge in [0.25, 0.3) is 0 Å². The van der Waals surface area contributed by atoms with Gasteiger partial charge in [0.05, 0.1) is 14.2 Å². The zero-order valence-electron chi connectivity index (χ0n) is 21.1. The predicted molar refractivity (Wildman–Crippen MR) is 134 cm³/mol. The van der Waals surface area contributed by atoms with Crippen LogP contribution in [0, 0.1) is 0 Å². The van der Waals surface area contributed by atoms with Crippen molar-refractivity contribution >= 4 is 28.7 Å². The zero-order chi connectivity index (χ0) is 28.6. The first-order chi connectivity index (χ1) is 18.4. The molecule has 0 saturated heterocycles. The Balaban J connectivity index is 1.90. The van der Waals surface area contributed by atoms with E-state index >= 15 is 0 Å². The monoisotopic (exact) mass is 559 g/mol. The average Bonchev–Trinajstić information content (AvgIpc) is 2.87. The molecule has 0 aliphatic rings. The first kappa shape index (κ1) is 29.6. The Hall–Kier alpha value is -3.97. The average molecular weight is 560 g/mol. The molecule has 0 unspecified atom stereocenters. The molecule has 3 rings (SSSR count). The number of urea groups is 1. The minimum Gasteiger partial charge on any atom is -0.497 e. The number of alkyl halides is 6. The molecule has 0 fully saturated rings. The molecule has 0 spiro atoms. The molecule has 0 aliphatic heterocycles. The summed E-state index contributed by atoms with van der Waals surface area (Å²) in [6.45, 7) is -0.184. The standard InChI is InChI=1S/C25H27F6N5O3/c1-38-17-11-16(12-18(14-17)39-2)19-13-15-5-6-20(32-9-3-7-24(26,27)28)34-21(15)35-22(19)36-23(37)33-10-4-8-25(29,30)31/h5-6,11-14H,3-4,7-10H2,1-2H3,(H3,32,33,34,35,36,37). The van der Waals surface area contributed by atoms with Crippen molar-refractivity contribution in [2.75, 3.05) is 37.9 Å². The second-order valence-electron chi connectivity index (χ2n) is 8.47. The number of amides is 2. The van der Waals surface area contributed by atoms with Gasteiger partial charge in [-0.2, -0.15) is 26.3 Å². The third-order valence-electron chi connectivity index (χ3n) is 5.44. The van der Waals surface area contributed by atoms with Gasteiger partial charge in [-0.15, -0.1) is 0 Å². The number of aromatic nitrogens is 2. The van der Waals surface area contributed by atoms with Gasteiger partial charge in [0.15, 0.2) is 5.65 Å². The number of hydrogen-bond acceptors (Lipinski definition) is 6. The van der Waals surface area contributed by atoms with E-state index in [0.717, 1.165) is 0 Å². The molecule has 8 nitrogen and oxygen atoms in total. The lowest BCUT2D eigenvalue weighted by Crippen LogP contribution is -2.30. The Morgan fingerprint density at radius 3 is 2.05 bits per heavy atom. The molecule has 0 radical (unpaired) electrons. The summed E-state index contributed by atoms with van der Waals surface area (Å²) in [5.41, 5.74) is 1.18. The largest absolute Gasteiger partial charge is 0.497 e. The summed E-state index contributed by atoms with van der Waals surface area (Å²) in [5, 5.41) is 8.30. The van der Waals surface area contributed by atoms with Crippen LogP contribution in [-0.4, -0.2) is 55.7 Å². The lowest BCUT2D eigenvalue weighted by molar-refractivity contribution is -0.135. The van der Waals surface area contributed by atoms with Crippen LogP contribution in [-0.2, 0) is 0 Å². The van der Waals surface area contributed by atoms with Crippen molar-refractivity contribution < 1.29 is 40.6 Å². The molecule has 0 bridgehead atoms. The SMILES string of the molecule is COc1cc(OC)cc(-c2cc3ccc(NCCCC(F)(F)F)nc3nc2NC(=O)NCCCC(F)(F)F)c1. The summed E-state index contributed by atoms with van der Waals surface area (Å²) in [7, 11) is 2.94. The number of carbonyl (C=O) groups excluding carboxylic acids is 1. The summed E-state index contributed by atoms with van der Waals surface area (Å²) in [5.74, 6) is 1.26. The number of rotatable bonds is 11. The van der Waals surface area contributed by atoms with Crippen molar-refractivity contribution in [2.45, 2.75) is 38.0 Å². The van der Waals surface area contributed by atoms with Crippen molar-refractivity contribution in [3.63, 3.8) is 0 Å². The smallest absolute Gasteiger partial charge is 0.389 e. The predicted octanol–water partition coefficient (Wildman–Crippen LogP) is 6.53. The number of hydrogen-bond donors (Lipinski definition) is 3. The summed E-state index contributed by atoms with van der Waals surface area (Å²) >= 11 is 0. The molecule has 2 aromatic heterocycles. The van der Waals surface area contributed by atoms with Gasteiger partial charge in [0.2, 0.25) is 0 Å². The molecule has 0 atom stereocenters. The van der Waals surface area contributed by atoms with E-state index in [9.17, 15) is 31.1 Å². The Labute approximate surface area is 220 Å². The first-order valence-corrected chi connectivity index (χ1v) is 11.8. The van der Waals surface area contributed by atoms with Crippen LogP contribution in [0.15, 0.2) is 36.4 Å². The van der Waals surface area contributed by atoms with E-state index in [1.165, 1.54) is 14.2 Å². The fourth-order valence-electron chi connectivity index (χ4n) is 3.58. The molecule has 2 amide bonds. The van der Waals surface area contributed by atoms with Crippen molar-refractivity contribution in [1.29, 1.82) is 0 Å². The zero-order valence-corrected chi connectivity index (χ0v) is 21.1. The topological polar surface area (TPSA) is 97.4 Å². The van der Waals surface area contributed by atoms with Crippen LogP contribution in [0.2, 0.25) is 0 Å². The molecule has 14 heteroatoms. The lowest BCUT2D eigenvalue weighted by Gasteiger charge is -2.15. The minimum atomic E-state index is -4.33. The van der Waals surface area contributed by atoms with E-state index in [-0.39, 0.29) is 43.2 Å². The first-order valence-electron chi connectivity index (χ1n) is 11.8. The van der Waals surface area contributed by atoms with Crippen molar-refractivity contribution in [2.24, 2.45) is 0 Å². The molecule has 3 N–H and O–H groups in total. The summed E-state index contributed by atoms with van der Waals surface area (Å²) in [6.07, 6.45) is -11.0. The highest BCUT2D eigenvalue weighted by molar-refractivity contribution is 5.96. The van der Waals surface area contributed by atoms with Gasteiger partial charge < -0.3 is 20.1 Å². The Bertz CT molecular complexity index is 1260. The molecule has 3 aromatic rings. The molecule has 2 heterocycles. The highest BCUT2D eigenvalue weighted by Crippen LogP contribution is 2.35. The Morgan fingerprint density at radius 1 is 0.846 bits per heavy atom. The van der Waals surface area contributed by atoms with E-state index in [0.29, 0.717) is 28.0 Å². The molecular weight excluding hydrogens is 532 g/mol. The number of fused-ring (bicyclic) bond motifs is 1. The third-order valence-corrected chi connectivity index (χ3v) is 5.44. The Morgan fingerprint density at radius 2 is 1.46 bits per heavy atom. The number of anilines is 2. The number of carbonyl (C=O) groups is 1. The maximum atomic E-state index is 12.5. The number of nitrogens with one attached hydrogen (secondary N) is 3. The van der Waals surface area contributed by atoms with E-state index in [1.54, 1.807) is 36.4 Å². The lowest BCUT2D eigenvalue weighted by atomic mass is 10.0. The molecule has 1 aromatic carbocycles. The van der Waals surface area contributed by atoms with Crippen LogP contribution in [0.4, 0.5) is 42.8 Å². The molecule has 39 heavy (non-hydrogen) atoms. The molecule has 0 saturated carbocycles. The Kier molecular flexibility index (Phi) is 9.65. The van der Waals surface area contributed by atoms with Crippen LogP contribution in [0.1, 0.15) is 25.7 Å². The minimum absolute atomic E-state index is 0.0329. The van der Waals surface area contributed by atoms with Crippen LogP contribution in [0.25, 0.3) is 22.2 Å². The van der Waals surface area contributed by atoms with Gasteiger partial charge in [0, 0.05) is 42.9 Å². The summed E-state index contributed by atoms with van der Waals surface area (Å²) in [4.78, 5) is 21.3. The van der Waals surface area contributed by atoms with Crippen LogP contribution < -0.4 is 25.4 Å². The summed E-state index contributed by atoms with van der Waals surface area (Å²) < 4.78 is 85.1. The van der Waals surface area contributed by atoms with Crippen LogP contribution in [0.5, 0.6) is 11.5 Å². The maximum Gasteiger partial charge on any atom is 0.389 e. The van der Waals surface area contributed by atoms with E-state index in [4.69, 9.17) is 9.47 Å². The maximum absolute atomic E-state index is 12.5. The van der Waals surface area contributed by atoms with Gasteiger partial charge in [-0.3, -0.25) is 5.32 Å². The second kappa shape index (κ2) is 12.7. The van der Waals surface area contributed by atoms with E-state index in [1.807, 2.05) is 0 Å². The second-order valence-corrected chi connectivity index (χ2v) is 8.47. The summed E-state index contributed by atoms with van der Waals surface area (Å²) in [6, 6.07) is 9.19. The van der Waals surface area contributed by atoms with Crippen molar-refractivity contribution in [3.8, 4) is 22.6 Å². The van der Waals surface area contributed by atoms with Crippen LogP contribution in [0.3, 0.4) is 0 Å². The van der Waals surface area contributed by atoms with E-state index < -0.39 is 31.2 Å². The third kappa shape index (κ3) is 9.37. The number of halogens is 6. The quantitative estimate of drug-likeness (QED) is 0.183. The van der Waals surface area contributed by atoms with Gasteiger partial charge in [0.1, 0.15) is 23.1 Å². The number of methoxy groups -OCH3 is 2. The van der Waals surface area contributed by atoms with Crippen molar-refractivity contribution in [1.82, 2.24) is 15.3 Å².